The molecule has 0 atom stereocenters. The van der Waals surface area contributed by atoms with Gasteiger partial charge in [0.2, 0.25) is 0 Å². The van der Waals surface area contributed by atoms with Gasteiger partial charge in [0.05, 0.1) is 0 Å². The molecular weight excluding hydrogens is 138 g/mol. The van der Waals surface area contributed by atoms with Crippen LogP contribution in [0, 0.1) is 17.4 Å². The highest BCUT2D eigenvalue weighted by molar-refractivity contribution is 5.06. The van der Waals surface area contributed by atoms with Gasteiger partial charge in [-0.15, -0.1) is 5.10 Å². The molecule has 0 spiro atoms. The third-order valence-electron chi connectivity index (χ3n) is 0.964. The Kier molecular flexibility index (Phi) is 1.95. The molecule has 0 N–H and O–H groups in total. The summed E-state index contributed by atoms with van der Waals surface area (Å²) in [7, 11) is 0. The van der Waals surface area contributed by atoms with Crippen molar-refractivity contribution in [3.8, 4) is 12.0 Å². The molecule has 3 heteroatoms. The Labute approximate surface area is 66.4 Å². The van der Waals surface area contributed by atoms with Crippen LogP contribution >= 0.6 is 0 Å². The molecule has 11 heavy (non-hydrogen) atoms. The van der Waals surface area contributed by atoms with Crippen LogP contribution in [-0.4, -0.2) is 14.8 Å². The summed E-state index contributed by atoms with van der Waals surface area (Å²) in [5.74, 6) is 3.03. The van der Waals surface area contributed by atoms with Crippen molar-refractivity contribution in [1.82, 2.24) is 14.8 Å². The van der Waals surface area contributed by atoms with Crippen molar-refractivity contribution in [3.05, 3.63) is 12.7 Å². The maximum absolute atomic E-state index is 3.85. The summed E-state index contributed by atoms with van der Waals surface area (Å²) in [4.78, 5) is 3.77. The molecular formula is C8H11N3. The molecule has 58 valence electrons. The average molecular weight is 149 g/mol. The molecule has 0 unspecified atom stereocenters. The predicted molar refractivity (Wildman–Crippen MR) is 42.7 cm³/mol. The van der Waals surface area contributed by atoms with Gasteiger partial charge in [0, 0.05) is 11.5 Å². The van der Waals surface area contributed by atoms with E-state index >= 15 is 0 Å². The van der Waals surface area contributed by atoms with Crippen molar-refractivity contribution < 1.29 is 0 Å². The molecule has 0 bridgehead atoms. The normalized spacial score (nSPS) is 10.5. The number of hydrogen-bond donors (Lipinski definition) is 0. The maximum Gasteiger partial charge on any atom is 0.138 e. The smallest absolute Gasteiger partial charge is 0.138 e. The summed E-state index contributed by atoms with van der Waals surface area (Å²) in [5, 5.41) is 3.85. The second-order valence-electron chi connectivity index (χ2n) is 3.33. The lowest BCUT2D eigenvalue weighted by atomic mass is 9.99. The summed E-state index contributed by atoms with van der Waals surface area (Å²) in [6, 6.07) is 2.86. The fourth-order valence-corrected chi connectivity index (χ4v) is 0.491. The van der Waals surface area contributed by atoms with E-state index < -0.39 is 0 Å². The Morgan fingerprint density at radius 1 is 1.36 bits per heavy atom. The molecule has 1 rings (SSSR count). The minimum absolute atomic E-state index is 0.0198. The van der Waals surface area contributed by atoms with E-state index in [1.807, 2.05) is 0 Å². The highest BCUT2D eigenvalue weighted by Crippen LogP contribution is 2.09. The van der Waals surface area contributed by atoms with Crippen LogP contribution in [0.5, 0.6) is 0 Å². The van der Waals surface area contributed by atoms with Crippen molar-refractivity contribution in [2.24, 2.45) is 5.41 Å². The SMILES string of the molecule is CC(C)(C)C#Cn1cncn1. The van der Waals surface area contributed by atoms with Crippen LogP contribution in [0.2, 0.25) is 0 Å². The highest BCUT2D eigenvalue weighted by atomic mass is 15.3. The van der Waals surface area contributed by atoms with Gasteiger partial charge in [0.1, 0.15) is 12.7 Å². The minimum atomic E-state index is 0.0198. The van der Waals surface area contributed by atoms with Crippen molar-refractivity contribution in [2.45, 2.75) is 20.8 Å². The van der Waals surface area contributed by atoms with Gasteiger partial charge in [-0.2, -0.15) is 4.68 Å². The first kappa shape index (κ1) is 7.80. The summed E-state index contributed by atoms with van der Waals surface area (Å²) in [6.07, 6.45) is 3.05. The molecule has 0 aromatic carbocycles. The molecule has 0 radical (unpaired) electrons. The summed E-state index contributed by atoms with van der Waals surface area (Å²) >= 11 is 0. The monoisotopic (exact) mass is 149 g/mol. The average Bonchev–Trinajstić information content (AvgIpc) is 2.32. The first-order valence-electron chi connectivity index (χ1n) is 3.46. The number of rotatable bonds is 0. The van der Waals surface area contributed by atoms with Gasteiger partial charge < -0.3 is 0 Å². The fourth-order valence-electron chi connectivity index (χ4n) is 0.491. The molecule has 3 nitrogen and oxygen atoms in total. The van der Waals surface area contributed by atoms with Gasteiger partial charge in [-0.25, -0.2) is 4.98 Å². The lowest BCUT2D eigenvalue weighted by Crippen LogP contribution is -2.01. The molecule has 0 saturated heterocycles. The zero-order chi connectivity index (χ0) is 8.32. The highest BCUT2D eigenvalue weighted by Gasteiger charge is 2.03. The molecule has 0 aliphatic rings. The molecule has 1 aromatic rings. The Bertz CT molecular complexity index is 269. The van der Waals surface area contributed by atoms with E-state index in [0.717, 1.165) is 0 Å². The quantitative estimate of drug-likeness (QED) is 0.518. The first-order chi connectivity index (χ1) is 5.08. The van der Waals surface area contributed by atoms with E-state index in [1.54, 1.807) is 6.33 Å². The van der Waals surface area contributed by atoms with E-state index in [9.17, 15) is 0 Å². The second-order valence-corrected chi connectivity index (χ2v) is 3.33. The van der Waals surface area contributed by atoms with Gasteiger partial charge in [-0.1, -0.05) is 5.92 Å². The minimum Gasteiger partial charge on any atom is -0.222 e. The summed E-state index contributed by atoms with van der Waals surface area (Å²) in [5.41, 5.74) is 0.0198. The third-order valence-corrected chi connectivity index (χ3v) is 0.964. The van der Waals surface area contributed by atoms with E-state index in [-0.39, 0.29) is 5.41 Å². The van der Waals surface area contributed by atoms with Crippen molar-refractivity contribution in [2.75, 3.05) is 0 Å². The maximum atomic E-state index is 3.85. The lowest BCUT2D eigenvalue weighted by molar-refractivity contribution is 0.569. The zero-order valence-corrected chi connectivity index (χ0v) is 7.00. The lowest BCUT2D eigenvalue weighted by Gasteiger charge is -2.05. The fraction of sp³-hybridized carbons (Fsp3) is 0.500. The van der Waals surface area contributed by atoms with Crippen LogP contribution in [-0.2, 0) is 0 Å². The number of aromatic nitrogens is 3. The van der Waals surface area contributed by atoms with E-state index in [2.05, 4.69) is 42.8 Å². The Balaban J connectivity index is 2.74. The zero-order valence-electron chi connectivity index (χ0n) is 7.00. The van der Waals surface area contributed by atoms with Gasteiger partial charge in [0.15, 0.2) is 0 Å². The molecule has 1 heterocycles. The third kappa shape index (κ3) is 2.85. The van der Waals surface area contributed by atoms with Crippen LogP contribution < -0.4 is 0 Å². The molecule has 0 saturated carbocycles. The van der Waals surface area contributed by atoms with Crippen LogP contribution in [0.25, 0.3) is 0 Å². The van der Waals surface area contributed by atoms with Crippen LogP contribution in [0.1, 0.15) is 20.8 Å². The van der Waals surface area contributed by atoms with Crippen molar-refractivity contribution in [3.63, 3.8) is 0 Å². The van der Waals surface area contributed by atoms with E-state index in [1.165, 1.54) is 11.0 Å². The predicted octanol–water partition coefficient (Wildman–Crippen LogP) is 1.13. The van der Waals surface area contributed by atoms with Gasteiger partial charge >= 0.3 is 0 Å². The Morgan fingerprint density at radius 3 is 2.55 bits per heavy atom. The molecule has 0 amide bonds. The molecule has 0 aliphatic heterocycles. The van der Waals surface area contributed by atoms with E-state index in [0.29, 0.717) is 0 Å². The summed E-state index contributed by atoms with van der Waals surface area (Å²) < 4.78 is 1.51. The largest absolute Gasteiger partial charge is 0.222 e. The number of nitrogens with zero attached hydrogens (tertiary/aromatic N) is 3. The van der Waals surface area contributed by atoms with Crippen LogP contribution in [0.3, 0.4) is 0 Å². The first-order valence-corrected chi connectivity index (χ1v) is 3.46. The molecule has 0 aliphatic carbocycles. The van der Waals surface area contributed by atoms with Gasteiger partial charge in [-0.05, 0) is 20.8 Å². The topological polar surface area (TPSA) is 30.7 Å². The number of hydrogen-bond acceptors (Lipinski definition) is 2. The Hall–Kier alpha value is -1.30. The van der Waals surface area contributed by atoms with Crippen LogP contribution in [0.4, 0.5) is 0 Å². The van der Waals surface area contributed by atoms with Crippen molar-refractivity contribution >= 4 is 0 Å². The molecule has 1 aromatic heterocycles. The van der Waals surface area contributed by atoms with E-state index in [4.69, 9.17) is 0 Å². The second kappa shape index (κ2) is 2.75. The van der Waals surface area contributed by atoms with Crippen LogP contribution in [0.15, 0.2) is 12.7 Å². The van der Waals surface area contributed by atoms with Crippen molar-refractivity contribution in [1.29, 1.82) is 0 Å². The van der Waals surface area contributed by atoms with Gasteiger partial charge in [0.25, 0.3) is 0 Å². The Morgan fingerprint density at radius 2 is 2.09 bits per heavy atom. The standard InChI is InChI=1S/C8H11N3/c1-8(2,3)4-5-11-7-9-6-10-11/h6-7H,1-3H3. The molecule has 0 fully saturated rings. The summed E-state index contributed by atoms with van der Waals surface area (Å²) in [6.45, 7) is 6.16. The van der Waals surface area contributed by atoms with Gasteiger partial charge in [-0.3, -0.25) is 0 Å².